The summed E-state index contributed by atoms with van der Waals surface area (Å²) in [5.41, 5.74) is 7.21. The first kappa shape index (κ1) is 13.4. The second kappa shape index (κ2) is 5.71. The van der Waals surface area contributed by atoms with Gasteiger partial charge in [0.2, 0.25) is 5.91 Å². The number of halogens is 1. The van der Waals surface area contributed by atoms with Crippen molar-refractivity contribution in [2.75, 3.05) is 11.1 Å². The second-order valence-corrected chi connectivity index (χ2v) is 4.68. The average molecular weight is 276 g/mol. The van der Waals surface area contributed by atoms with Crippen molar-refractivity contribution >= 4 is 29.0 Å². The van der Waals surface area contributed by atoms with Crippen molar-refractivity contribution in [3.8, 4) is 0 Å². The maximum absolute atomic E-state index is 12.1. The number of benzene rings is 1. The molecule has 0 aliphatic carbocycles. The van der Waals surface area contributed by atoms with Crippen LogP contribution in [0.25, 0.3) is 0 Å². The first-order valence-electron chi connectivity index (χ1n) is 5.84. The summed E-state index contributed by atoms with van der Waals surface area (Å²) in [4.78, 5) is 16.1. The van der Waals surface area contributed by atoms with E-state index in [-0.39, 0.29) is 11.8 Å². The van der Waals surface area contributed by atoms with Gasteiger partial charge >= 0.3 is 0 Å². The van der Waals surface area contributed by atoms with E-state index in [2.05, 4.69) is 10.3 Å². The molecule has 0 fully saturated rings. The lowest BCUT2D eigenvalue weighted by atomic mass is 10.00. The van der Waals surface area contributed by atoms with Gasteiger partial charge in [-0.2, -0.15) is 0 Å². The molecule has 5 heteroatoms. The fourth-order valence-electron chi connectivity index (χ4n) is 1.66. The highest BCUT2D eigenvalue weighted by Gasteiger charge is 2.15. The van der Waals surface area contributed by atoms with Crippen LogP contribution in [0.15, 0.2) is 42.6 Å². The highest BCUT2D eigenvalue weighted by atomic mass is 35.5. The summed E-state index contributed by atoms with van der Waals surface area (Å²) in [6.45, 7) is 1.82. The summed E-state index contributed by atoms with van der Waals surface area (Å²) in [7, 11) is 0. The van der Waals surface area contributed by atoms with Gasteiger partial charge in [0.05, 0.1) is 10.9 Å². The molecular weight excluding hydrogens is 262 g/mol. The van der Waals surface area contributed by atoms with Gasteiger partial charge < -0.3 is 11.1 Å². The van der Waals surface area contributed by atoms with Crippen molar-refractivity contribution in [1.82, 2.24) is 4.98 Å². The molecule has 1 amide bonds. The Bertz CT molecular complexity index is 583. The number of anilines is 2. The Kier molecular flexibility index (Phi) is 4.02. The molecule has 0 bridgehead atoms. The Hall–Kier alpha value is -2.07. The highest BCUT2D eigenvalue weighted by Crippen LogP contribution is 2.19. The van der Waals surface area contributed by atoms with Crippen LogP contribution in [0.5, 0.6) is 0 Å². The molecule has 0 spiro atoms. The molecule has 0 saturated heterocycles. The average Bonchev–Trinajstić information content (AvgIpc) is 2.40. The SMILES string of the molecule is CC(C(=O)Nc1ccc(Cl)cn1)c1cccc(N)c1. The number of aromatic nitrogens is 1. The maximum Gasteiger partial charge on any atom is 0.232 e. The van der Waals surface area contributed by atoms with Gasteiger partial charge in [-0.3, -0.25) is 4.79 Å². The van der Waals surface area contributed by atoms with E-state index in [1.54, 1.807) is 24.3 Å². The number of pyridine rings is 1. The van der Waals surface area contributed by atoms with Gasteiger partial charge in [0.1, 0.15) is 5.82 Å². The van der Waals surface area contributed by atoms with Crippen LogP contribution in [-0.4, -0.2) is 10.9 Å². The molecule has 0 saturated carbocycles. The molecule has 98 valence electrons. The van der Waals surface area contributed by atoms with Crippen molar-refractivity contribution in [3.05, 3.63) is 53.2 Å². The monoisotopic (exact) mass is 275 g/mol. The van der Waals surface area contributed by atoms with Crippen LogP contribution in [-0.2, 0) is 4.79 Å². The number of nitrogen functional groups attached to an aromatic ring is 1. The molecular formula is C14H14ClN3O. The molecule has 1 heterocycles. The van der Waals surface area contributed by atoms with Gasteiger partial charge in [-0.05, 0) is 36.8 Å². The molecule has 4 nitrogen and oxygen atoms in total. The number of nitrogens with two attached hydrogens (primary N) is 1. The summed E-state index contributed by atoms with van der Waals surface area (Å²) in [6.07, 6.45) is 1.49. The molecule has 0 aliphatic rings. The minimum Gasteiger partial charge on any atom is -0.399 e. The summed E-state index contributed by atoms with van der Waals surface area (Å²) >= 11 is 5.73. The molecule has 0 aliphatic heterocycles. The quantitative estimate of drug-likeness (QED) is 0.846. The normalized spacial score (nSPS) is 11.9. The Morgan fingerprint density at radius 2 is 2.16 bits per heavy atom. The van der Waals surface area contributed by atoms with Gasteiger partial charge in [0.15, 0.2) is 0 Å². The molecule has 1 aromatic carbocycles. The van der Waals surface area contributed by atoms with Crippen molar-refractivity contribution in [2.24, 2.45) is 0 Å². The van der Waals surface area contributed by atoms with Gasteiger partial charge in [-0.15, -0.1) is 0 Å². The zero-order valence-corrected chi connectivity index (χ0v) is 11.2. The Morgan fingerprint density at radius 1 is 1.37 bits per heavy atom. The number of nitrogens with one attached hydrogen (secondary N) is 1. The number of rotatable bonds is 3. The number of carbonyl (C=O) groups excluding carboxylic acids is 1. The van der Waals surface area contributed by atoms with Crippen LogP contribution in [0.1, 0.15) is 18.4 Å². The third-order valence-corrected chi connectivity index (χ3v) is 3.01. The predicted molar refractivity (Wildman–Crippen MR) is 77.1 cm³/mol. The molecule has 1 unspecified atom stereocenters. The van der Waals surface area contributed by atoms with E-state index in [9.17, 15) is 4.79 Å². The fraction of sp³-hybridized carbons (Fsp3) is 0.143. The predicted octanol–water partition coefficient (Wildman–Crippen LogP) is 3.06. The zero-order chi connectivity index (χ0) is 13.8. The molecule has 2 aromatic rings. The van der Waals surface area contributed by atoms with Crippen LogP contribution in [0.2, 0.25) is 5.02 Å². The number of nitrogens with zero attached hydrogens (tertiary/aromatic N) is 1. The van der Waals surface area contributed by atoms with E-state index in [0.717, 1.165) is 5.56 Å². The first-order chi connectivity index (χ1) is 9.06. The van der Waals surface area contributed by atoms with E-state index >= 15 is 0 Å². The van der Waals surface area contributed by atoms with Gasteiger partial charge in [0, 0.05) is 11.9 Å². The zero-order valence-electron chi connectivity index (χ0n) is 10.4. The van der Waals surface area contributed by atoms with Crippen LogP contribution >= 0.6 is 11.6 Å². The summed E-state index contributed by atoms with van der Waals surface area (Å²) in [6, 6.07) is 10.6. The fourth-order valence-corrected chi connectivity index (χ4v) is 1.78. The van der Waals surface area contributed by atoms with E-state index in [1.807, 2.05) is 19.1 Å². The molecule has 19 heavy (non-hydrogen) atoms. The Morgan fingerprint density at radius 3 is 2.79 bits per heavy atom. The van der Waals surface area contributed by atoms with Crippen molar-refractivity contribution < 1.29 is 4.79 Å². The summed E-state index contributed by atoms with van der Waals surface area (Å²) in [5, 5.41) is 3.27. The number of amides is 1. The minimum absolute atomic E-state index is 0.138. The second-order valence-electron chi connectivity index (χ2n) is 4.24. The lowest BCUT2D eigenvalue weighted by Crippen LogP contribution is -2.19. The van der Waals surface area contributed by atoms with Gasteiger partial charge in [-0.25, -0.2) is 4.98 Å². The van der Waals surface area contributed by atoms with Crippen LogP contribution in [0, 0.1) is 0 Å². The summed E-state index contributed by atoms with van der Waals surface area (Å²) in [5.74, 6) is 0.0338. The molecule has 0 radical (unpaired) electrons. The topological polar surface area (TPSA) is 68.0 Å². The van der Waals surface area contributed by atoms with E-state index in [0.29, 0.717) is 16.5 Å². The number of hydrogen-bond donors (Lipinski definition) is 2. The van der Waals surface area contributed by atoms with Crippen molar-refractivity contribution in [1.29, 1.82) is 0 Å². The Balaban J connectivity index is 2.09. The van der Waals surface area contributed by atoms with Crippen molar-refractivity contribution in [2.45, 2.75) is 12.8 Å². The first-order valence-corrected chi connectivity index (χ1v) is 6.22. The van der Waals surface area contributed by atoms with Crippen LogP contribution < -0.4 is 11.1 Å². The molecule has 3 N–H and O–H groups in total. The Labute approximate surface area is 116 Å². The number of carbonyl (C=O) groups is 1. The number of hydrogen-bond acceptors (Lipinski definition) is 3. The highest BCUT2D eigenvalue weighted by molar-refractivity contribution is 6.30. The third-order valence-electron chi connectivity index (χ3n) is 2.78. The van der Waals surface area contributed by atoms with E-state index < -0.39 is 0 Å². The molecule has 1 atom stereocenters. The summed E-state index contributed by atoms with van der Waals surface area (Å²) < 4.78 is 0. The van der Waals surface area contributed by atoms with Crippen LogP contribution in [0.4, 0.5) is 11.5 Å². The van der Waals surface area contributed by atoms with E-state index in [4.69, 9.17) is 17.3 Å². The lowest BCUT2D eigenvalue weighted by Gasteiger charge is -2.12. The standard InChI is InChI=1S/C14H14ClN3O/c1-9(10-3-2-4-12(16)7-10)14(19)18-13-6-5-11(15)8-17-13/h2-9H,16H2,1H3,(H,17,18,19). The van der Waals surface area contributed by atoms with E-state index in [1.165, 1.54) is 6.20 Å². The maximum atomic E-state index is 12.1. The van der Waals surface area contributed by atoms with Crippen molar-refractivity contribution in [3.63, 3.8) is 0 Å². The molecule has 1 aromatic heterocycles. The van der Waals surface area contributed by atoms with Crippen LogP contribution in [0.3, 0.4) is 0 Å². The van der Waals surface area contributed by atoms with Gasteiger partial charge in [-0.1, -0.05) is 23.7 Å². The minimum atomic E-state index is -0.305. The molecule has 2 rings (SSSR count). The smallest absolute Gasteiger partial charge is 0.232 e. The largest absolute Gasteiger partial charge is 0.399 e. The van der Waals surface area contributed by atoms with Gasteiger partial charge in [0.25, 0.3) is 0 Å². The lowest BCUT2D eigenvalue weighted by molar-refractivity contribution is -0.117. The third kappa shape index (κ3) is 3.45.